The molecule has 0 aliphatic carbocycles. The van der Waals surface area contributed by atoms with Gasteiger partial charge in [0.1, 0.15) is 11.5 Å². The first-order valence-electron chi connectivity index (χ1n) is 5.78. The second-order valence-electron chi connectivity index (χ2n) is 3.96. The molecule has 0 aliphatic heterocycles. The number of halogens is 1. The van der Waals surface area contributed by atoms with Crippen LogP contribution in [-0.4, -0.2) is 24.8 Å². The zero-order valence-corrected chi connectivity index (χ0v) is 11.7. The quantitative estimate of drug-likeness (QED) is 0.918. The van der Waals surface area contributed by atoms with E-state index in [9.17, 15) is 4.79 Å². The van der Waals surface area contributed by atoms with Gasteiger partial charge < -0.3 is 19.3 Å². The smallest absolute Gasteiger partial charge is 0.262 e. The van der Waals surface area contributed by atoms with Crippen LogP contribution in [0.15, 0.2) is 28.8 Å². The number of anilines is 1. The van der Waals surface area contributed by atoms with E-state index < -0.39 is 0 Å². The second-order valence-corrected chi connectivity index (χ2v) is 4.37. The van der Waals surface area contributed by atoms with Crippen LogP contribution >= 0.6 is 11.6 Å². The molecule has 1 amide bonds. The van der Waals surface area contributed by atoms with Crippen LogP contribution in [0.5, 0.6) is 11.6 Å². The molecule has 0 unspecified atom stereocenters. The van der Waals surface area contributed by atoms with Gasteiger partial charge in [-0.25, -0.2) is 0 Å². The normalized spacial score (nSPS) is 10.2. The molecule has 0 atom stereocenters. The Balaban J connectivity index is 1.89. The van der Waals surface area contributed by atoms with Crippen molar-refractivity contribution >= 4 is 23.2 Å². The van der Waals surface area contributed by atoms with Crippen molar-refractivity contribution in [1.82, 2.24) is 5.16 Å². The molecule has 0 spiro atoms. The van der Waals surface area contributed by atoms with Gasteiger partial charge in [-0.1, -0.05) is 11.6 Å². The highest BCUT2D eigenvalue weighted by Crippen LogP contribution is 2.27. The summed E-state index contributed by atoms with van der Waals surface area (Å²) < 4.78 is 15.0. The van der Waals surface area contributed by atoms with Gasteiger partial charge in [-0.2, -0.15) is 0 Å². The molecular formula is C13H13ClN2O4. The molecule has 2 rings (SSSR count). The van der Waals surface area contributed by atoms with Crippen molar-refractivity contribution in [2.75, 3.05) is 19.0 Å². The van der Waals surface area contributed by atoms with Crippen LogP contribution in [0, 0.1) is 6.92 Å². The topological polar surface area (TPSA) is 73.6 Å². The number of hydrogen-bond acceptors (Lipinski definition) is 5. The largest absolute Gasteiger partial charge is 0.495 e. The number of carbonyl (C=O) groups excluding carboxylic acids is 1. The van der Waals surface area contributed by atoms with Gasteiger partial charge in [0.05, 0.1) is 12.1 Å². The maximum atomic E-state index is 11.7. The molecule has 0 saturated carbocycles. The molecule has 0 aliphatic rings. The molecule has 0 saturated heterocycles. The molecule has 0 radical (unpaired) electrons. The fourth-order valence-corrected chi connectivity index (χ4v) is 1.75. The SMILES string of the molecule is COc1ccc(NC(=O)COc2cc(C)on2)cc1Cl. The minimum atomic E-state index is -0.327. The van der Waals surface area contributed by atoms with Gasteiger partial charge in [-0.05, 0) is 30.3 Å². The highest BCUT2D eigenvalue weighted by Gasteiger charge is 2.08. The Morgan fingerprint density at radius 2 is 2.25 bits per heavy atom. The summed E-state index contributed by atoms with van der Waals surface area (Å²) in [5.74, 6) is 1.10. The van der Waals surface area contributed by atoms with Gasteiger partial charge >= 0.3 is 0 Å². The van der Waals surface area contributed by atoms with Gasteiger partial charge in [-0.3, -0.25) is 4.79 Å². The summed E-state index contributed by atoms with van der Waals surface area (Å²) >= 11 is 5.96. The van der Waals surface area contributed by atoms with Crippen LogP contribution in [0.2, 0.25) is 5.02 Å². The first-order valence-corrected chi connectivity index (χ1v) is 6.16. The molecule has 0 bridgehead atoms. The first kappa shape index (κ1) is 14.2. The van der Waals surface area contributed by atoms with Crippen molar-refractivity contribution in [3.05, 3.63) is 35.0 Å². The Labute approximate surface area is 120 Å². The maximum absolute atomic E-state index is 11.7. The summed E-state index contributed by atoms with van der Waals surface area (Å²) in [6.45, 7) is 1.56. The average molecular weight is 297 g/mol. The van der Waals surface area contributed by atoms with Crippen LogP contribution < -0.4 is 14.8 Å². The van der Waals surface area contributed by atoms with Crippen molar-refractivity contribution in [3.8, 4) is 11.6 Å². The van der Waals surface area contributed by atoms with E-state index >= 15 is 0 Å². The van der Waals surface area contributed by atoms with Crippen LogP contribution in [0.1, 0.15) is 5.76 Å². The van der Waals surface area contributed by atoms with Gasteiger partial charge in [0.25, 0.3) is 11.8 Å². The summed E-state index contributed by atoms with van der Waals surface area (Å²) in [4.78, 5) is 11.7. The van der Waals surface area contributed by atoms with E-state index in [0.29, 0.717) is 22.2 Å². The fourth-order valence-electron chi connectivity index (χ4n) is 1.49. The van der Waals surface area contributed by atoms with E-state index in [4.69, 9.17) is 25.6 Å². The number of benzene rings is 1. The molecule has 1 N–H and O–H groups in total. The Kier molecular flexibility index (Phi) is 4.47. The summed E-state index contributed by atoms with van der Waals surface area (Å²) in [7, 11) is 1.52. The number of amides is 1. The number of aryl methyl sites for hydroxylation is 1. The van der Waals surface area contributed by atoms with Gasteiger partial charge in [0, 0.05) is 11.8 Å². The number of nitrogens with zero attached hydrogens (tertiary/aromatic N) is 1. The summed E-state index contributed by atoms with van der Waals surface area (Å²) in [5, 5.41) is 6.68. The summed E-state index contributed by atoms with van der Waals surface area (Å²) in [6.07, 6.45) is 0. The Morgan fingerprint density at radius 3 is 2.85 bits per heavy atom. The van der Waals surface area contributed by atoms with Crippen LogP contribution in [-0.2, 0) is 4.79 Å². The van der Waals surface area contributed by atoms with E-state index in [0.717, 1.165) is 0 Å². The molecule has 1 aromatic heterocycles. The van der Waals surface area contributed by atoms with E-state index in [1.54, 1.807) is 31.2 Å². The van der Waals surface area contributed by atoms with Crippen molar-refractivity contribution < 1.29 is 18.8 Å². The molecule has 1 heterocycles. The lowest BCUT2D eigenvalue weighted by molar-refractivity contribution is -0.118. The minimum absolute atomic E-state index is 0.171. The maximum Gasteiger partial charge on any atom is 0.262 e. The van der Waals surface area contributed by atoms with Gasteiger partial charge in [0.15, 0.2) is 6.61 Å². The molecule has 0 fully saturated rings. The van der Waals surface area contributed by atoms with Crippen LogP contribution in [0.4, 0.5) is 5.69 Å². The molecule has 7 heteroatoms. The number of methoxy groups -OCH3 is 1. The number of rotatable bonds is 5. The predicted molar refractivity (Wildman–Crippen MR) is 73.4 cm³/mol. The summed E-state index contributed by atoms with van der Waals surface area (Å²) in [5.41, 5.74) is 0.556. The Hall–Kier alpha value is -2.21. The van der Waals surface area contributed by atoms with Crippen molar-refractivity contribution in [3.63, 3.8) is 0 Å². The molecule has 6 nitrogen and oxygen atoms in total. The Bertz CT molecular complexity index is 612. The van der Waals surface area contributed by atoms with Crippen molar-refractivity contribution in [1.29, 1.82) is 0 Å². The van der Waals surface area contributed by atoms with Crippen LogP contribution in [0.3, 0.4) is 0 Å². The molecular weight excluding hydrogens is 284 g/mol. The zero-order valence-electron chi connectivity index (χ0n) is 11.0. The third kappa shape index (κ3) is 3.64. The molecule has 106 valence electrons. The highest BCUT2D eigenvalue weighted by atomic mass is 35.5. The van der Waals surface area contributed by atoms with E-state index in [2.05, 4.69) is 10.5 Å². The third-order valence-electron chi connectivity index (χ3n) is 2.39. The molecule has 20 heavy (non-hydrogen) atoms. The third-order valence-corrected chi connectivity index (χ3v) is 2.69. The minimum Gasteiger partial charge on any atom is -0.495 e. The van der Waals surface area contributed by atoms with E-state index in [1.165, 1.54) is 7.11 Å². The lowest BCUT2D eigenvalue weighted by Crippen LogP contribution is -2.20. The monoisotopic (exact) mass is 296 g/mol. The number of hydrogen-bond donors (Lipinski definition) is 1. The highest BCUT2D eigenvalue weighted by molar-refractivity contribution is 6.32. The first-order chi connectivity index (χ1) is 9.58. The number of aromatic nitrogens is 1. The second kappa shape index (κ2) is 6.29. The van der Waals surface area contributed by atoms with Crippen molar-refractivity contribution in [2.24, 2.45) is 0 Å². The van der Waals surface area contributed by atoms with Crippen LogP contribution in [0.25, 0.3) is 0 Å². The average Bonchev–Trinajstić information content (AvgIpc) is 2.82. The lowest BCUT2D eigenvalue weighted by atomic mass is 10.3. The van der Waals surface area contributed by atoms with E-state index in [1.807, 2.05) is 0 Å². The summed E-state index contributed by atoms with van der Waals surface area (Å²) in [6, 6.07) is 6.54. The Morgan fingerprint density at radius 1 is 1.45 bits per heavy atom. The number of ether oxygens (including phenoxy) is 2. The fraction of sp³-hybridized carbons (Fsp3) is 0.231. The molecule has 2 aromatic rings. The van der Waals surface area contributed by atoms with E-state index in [-0.39, 0.29) is 18.4 Å². The number of carbonyl (C=O) groups is 1. The number of nitrogens with one attached hydrogen (secondary N) is 1. The van der Waals surface area contributed by atoms with Gasteiger partial charge in [0.2, 0.25) is 0 Å². The van der Waals surface area contributed by atoms with Gasteiger partial charge in [-0.15, -0.1) is 0 Å². The molecule has 1 aromatic carbocycles. The lowest BCUT2D eigenvalue weighted by Gasteiger charge is -2.08. The standard InChI is InChI=1S/C13H13ClN2O4/c1-8-5-13(16-20-8)19-7-12(17)15-9-3-4-11(18-2)10(14)6-9/h3-6H,7H2,1-2H3,(H,15,17). The predicted octanol–water partition coefficient (Wildman–Crippen LogP) is 2.66. The van der Waals surface area contributed by atoms with Crippen molar-refractivity contribution in [2.45, 2.75) is 6.92 Å². The zero-order chi connectivity index (χ0) is 14.5.